The minimum Gasteiger partial charge on any atom is -0.476 e. The molecule has 0 saturated carbocycles. The van der Waals surface area contributed by atoms with Crippen LogP contribution < -0.4 is 10.3 Å². The van der Waals surface area contributed by atoms with Gasteiger partial charge in [0.2, 0.25) is 5.88 Å². The summed E-state index contributed by atoms with van der Waals surface area (Å²) in [6.07, 6.45) is 0. The van der Waals surface area contributed by atoms with E-state index in [1.54, 1.807) is 0 Å². The van der Waals surface area contributed by atoms with Crippen molar-refractivity contribution in [2.45, 2.75) is 0 Å². The lowest BCUT2D eigenvalue weighted by Crippen LogP contribution is -2.20. The van der Waals surface area contributed by atoms with Crippen LogP contribution in [0.2, 0.25) is 0 Å². The number of likely N-dealkylation sites (N-methyl/N-ethyl adjacent to an activating group) is 1. The fraction of sp³-hybridized carbons (Fsp3) is 0.444. The van der Waals surface area contributed by atoms with Crippen molar-refractivity contribution in [3.8, 4) is 5.88 Å². The zero-order valence-electron chi connectivity index (χ0n) is 8.45. The van der Waals surface area contributed by atoms with Crippen LogP contribution in [0, 0.1) is 0 Å². The number of nitrogens with zero attached hydrogens (tertiary/aromatic N) is 2. The van der Waals surface area contributed by atoms with Crippen LogP contribution in [0.3, 0.4) is 0 Å². The van der Waals surface area contributed by atoms with Crippen molar-refractivity contribution in [3.63, 3.8) is 0 Å². The van der Waals surface area contributed by atoms with E-state index in [9.17, 15) is 0 Å². The number of hydrogen-bond donors (Lipinski definition) is 0. The predicted molar refractivity (Wildman–Crippen MR) is 56.5 cm³/mol. The van der Waals surface area contributed by atoms with E-state index in [-0.39, 0.29) is 0 Å². The third-order valence-corrected chi connectivity index (χ3v) is 1.65. The molecule has 0 N–H and O–H groups in total. The lowest BCUT2D eigenvalue weighted by Gasteiger charge is -2.10. The first-order valence-electron chi connectivity index (χ1n) is 4.39. The van der Waals surface area contributed by atoms with Gasteiger partial charge in [-0.3, -0.25) is 0 Å². The molecule has 1 rings (SSSR count). The Hall–Kier alpha value is -1.03. The van der Waals surface area contributed by atoms with Crippen molar-refractivity contribution in [2.75, 3.05) is 27.2 Å². The van der Waals surface area contributed by atoms with Gasteiger partial charge in [-0.15, -0.1) is 0 Å². The first-order chi connectivity index (χ1) is 6.18. The van der Waals surface area contributed by atoms with Crippen LogP contribution in [-0.2, 0) is 0 Å². The summed E-state index contributed by atoms with van der Waals surface area (Å²) in [5.41, 5.74) is 0.988. The van der Waals surface area contributed by atoms with Gasteiger partial charge in [0.05, 0.1) is 0 Å². The third-order valence-electron chi connectivity index (χ3n) is 1.65. The van der Waals surface area contributed by atoms with Gasteiger partial charge in [0, 0.05) is 12.6 Å². The van der Waals surface area contributed by atoms with Crippen LogP contribution in [0.15, 0.2) is 18.2 Å². The fourth-order valence-electron chi connectivity index (χ4n) is 0.931. The van der Waals surface area contributed by atoms with Crippen LogP contribution in [0.5, 0.6) is 5.88 Å². The van der Waals surface area contributed by atoms with Gasteiger partial charge in [-0.25, -0.2) is 4.98 Å². The second-order valence-electron chi connectivity index (χ2n) is 3.27. The molecule has 3 nitrogen and oxygen atoms in total. The highest BCUT2D eigenvalue weighted by Gasteiger charge is 1.95. The Morgan fingerprint density at radius 3 is 2.85 bits per heavy atom. The smallest absolute Gasteiger partial charge is 0.212 e. The molecule has 1 aromatic rings. The Labute approximate surface area is 80.1 Å². The maximum atomic E-state index is 5.44. The standard InChI is InChI=1S/C9H15BN2O/c1-12(2)6-7-13-9-5-3-4-8(10)11-9/h3-5H,6-7,10H2,1-2H3. The number of rotatable bonds is 4. The monoisotopic (exact) mass is 178 g/mol. The van der Waals surface area contributed by atoms with E-state index < -0.39 is 0 Å². The van der Waals surface area contributed by atoms with E-state index in [1.807, 2.05) is 40.1 Å². The molecule has 0 spiro atoms. The summed E-state index contributed by atoms with van der Waals surface area (Å²) in [5, 5.41) is 0. The Balaban J connectivity index is 2.37. The van der Waals surface area contributed by atoms with Crippen LogP contribution in [0.25, 0.3) is 0 Å². The number of pyridine rings is 1. The van der Waals surface area contributed by atoms with Gasteiger partial charge in [0.1, 0.15) is 6.61 Å². The average Bonchev–Trinajstić information content (AvgIpc) is 2.03. The van der Waals surface area contributed by atoms with Crippen molar-refractivity contribution >= 4 is 13.4 Å². The molecule has 0 atom stereocenters. The van der Waals surface area contributed by atoms with E-state index in [0.717, 1.165) is 12.1 Å². The van der Waals surface area contributed by atoms with Crippen LogP contribution in [-0.4, -0.2) is 45.0 Å². The zero-order chi connectivity index (χ0) is 9.68. The molecule has 0 aromatic carbocycles. The third kappa shape index (κ3) is 3.94. The topological polar surface area (TPSA) is 25.4 Å². The molecular weight excluding hydrogens is 163 g/mol. The molecule has 1 heterocycles. The molecule has 0 aliphatic carbocycles. The molecule has 4 heteroatoms. The van der Waals surface area contributed by atoms with Crippen LogP contribution >= 0.6 is 0 Å². The predicted octanol–water partition coefficient (Wildman–Crippen LogP) is -0.720. The lowest BCUT2D eigenvalue weighted by atomic mass is 10.0. The maximum Gasteiger partial charge on any atom is 0.212 e. The molecule has 0 unspecified atom stereocenters. The highest BCUT2D eigenvalue weighted by atomic mass is 16.5. The quantitative estimate of drug-likeness (QED) is 0.569. The maximum absolute atomic E-state index is 5.44. The minimum absolute atomic E-state index is 0.684. The second kappa shape index (κ2) is 4.87. The molecule has 13 heavy (non-hydrogen) atoms. The van der Waals surface area contributed by atoms with Crippen molar-refractivity contribution < 1.29 is 4.74 Å². The van der Waals surface area contributed by atoms with E-state index in [4.69, 9.17) is 4.74 Å². The lowest BCUT2D eigenvalue weighted by molar-refractivity contribution is 0.254. The fourth-order valence-corrected chi connectivity index (χ4v) is 0.931. The molecular formula is C9H15BN2O. The Kier molecular flexibility index (Phi) is 3.77. The van der Waals surface area contributed by atoms with Gasteiger partial charge in [-0.05, 0) is 19.7 Å². The van der Waals surface area contributed by atoms with Gasteiger partial charge in [-0.1, -0.05) is 12.1 Å². The minimum atomic E-state index is 0.684. The van der Waals surface area contributed by atoms with Gasteiger partial charge in [0.15, 0.2) is 7.85 Å². The molecule has 0 fully saturated rings. The summed E-state index contributed by atoms with van der Waals surface area (Å²) in [4.78, 5) is 6.31. The number of ether oxygens (including phenoxy) is 1. The van der Waals surface area contributed by atoms with Crippen LogP contribution in [0.1, 0.15) is 0 Å². The first kappa shape index (κ1) is 10.1. The summed E-state index contributed by atoms with van der Waals surface area (Å²) in [7, 11) is 6.00. The van der Waals surface area contributed by atoms with Gasteiger partial charge < -0.3 is 9.64 Å². The molecule has 0 bridgehead atoms. The van der Waals surface area contributed by atoms with Crippen molar-refractivity contribution in [3.05, 3.63) is 18.2 Å². The SMILES string of the molecule is Bc1cccc(OCCN(C)C)n1. The molecule has 70 valence electrons. The molecule has 0 aliphatic heterocycles. The summed E-state index contributed by atoms with van der Waals surface area (Å²) < 4.78 is 5.44. The first-order valence-corrected chi connectivity index (χ1v) is 4.39. The molecule has 1 aromatic heterocycles. The van der Waals surface area contributed by atoms with Gasteiger partial charge in [-0.2, -0.15) is 0 Å². The number of hydrogen-bond acceptors (Lipinski definition) is 3. The van der Waals surface area contributed by atoms with Crippen molar-refractivity contribution in [2.24, 2.45) is 0 Å². The Bertz CT molecular complexity index is 266. The highest BCUT2D eigenvalue weighted by molar-refractivity contribution is 6.30. The summed E-state index contributed by atoms with van der Waals surface area (Å²) in [5.74, 6) is 0.710. The molecule has 0 radical (unpaired) electrons. The largest absolute Gasteiger partial charge is 0.476 e. The highest BCUT2D eigenvalue weighted by Crippen LogP contribution is 2.00. The van der Waals surface area contributed by atoms with E-state index in [1.165, 1.54) is 0 Å². The zero-order valence-corrected chi connectivity index (χ0v) is 8.45. The van der Waals surface area contributed by atoms with Crippen molar-refractivity contribution in [1.82, 2.24) is 9.88 Å². The Morgan fingerprint density at radius 2 is 2.23 bits per heavy atom. The Morgan fingerprint density at radius 1 is 1.46 bits per heavy atom. The van der Waals surface area contributed by atoms with Crippen LogP contribution in [0.4, 0.5) is 0 Å². The second-order valence-corrected chi connectivity index (χ2v) is 3.27. The molecule has 0 amide bonds. The van der Waals surface area contributed by atoms with Gasteiger partial charge >= 0.3 is 0 Å². The van der Waals surface area contributed by atoms with Gasteiger partial charge in [0.25, 0.3) is 0 Å². The van der Waals surface area contributed by atoms with Crippen molar-refractivity contribution in [1.29, 1.82) is 0 Å². The summed E-state index contributed by atoms with van der Waals surface area (Å²) in [6, 6.07) is 5.79. The van der Waals surface area contributed by atoms with E-state index >= 15 is 0 Å². The normalized spacial score (nSPS) is 10.4. The number of aromatic nitrogens is 1. The molecule has 0 saturated heterocycles. The molecule has 0 aliphatic rings. The summed E-state index contributed by atoms with van der Waals surface area (Å²) in [6.45, 7) is 1.60. The summed E-state index contributed by atoms with van der Waals surface area (Å²) >= 11 is 0. The average molecular weight is 178 g/mol. The van der Waals surface area contributed by atoms with E-state index in [2.05, 4.69) is 9.88 Å². The van der Waals surface area contributed by atoms with E-state index in [0.29, 0.717) is 12.5 Å².